The summed E-state index contributed by atoms with van der Waals surface area (Å²) in [6, 6.07) is 9.69. The Morgan fingerprint density at radius 1 is 1.04 bits per heavy atom. The number of aromatic hydroxyl groups is 2. The third kappa shape index (κ3) is 3.77. The van der Waals surface area contributed by atoms with Crippen LogP contribution in [-0.4, -0.2) is 23.1 Å². The second-order valence-electron chi connectivity index (χ2n) is 6.58. The van der Waals surface area contributed by atoms with Crippen molar-refractivity contribution in [1.29, 1.82) is 0 Å². The van der Waals surface area contributed by atoms with Gasteiger partial charge in [-0.2, -0.15) is 0 Å². The molecule has 126 valence electrons. The summed E-state index contributed by atoms with van der Waals surface area (Å²) in [6.07, 6.45) is 3.03. The Morgan fingerprint density at radius 3 is 2.21 bits per heavy atom. The number of phenolic OH excluding ortho intramolecular Hbond substituents is 2. The molecule has 0 spiro atoms. The number of hydrogen-bond donors (Lipinski definition) is 2. The minimum atomic E-state index is -0.221. The summed E-state index contributed by atoms with van der Waals surface area (Å²) in [5, 5.41) is 19.7. The summed E-state index contributed by atoms with van der Waals surface area (Å²) in [5.74, 6) is 0.345. The lowest BCUT2D eigenvalue weighted by molar-refractivity contribution is 0.104. The molecule has 0 amide bonds. The summed E-state index contributed by atoms with van der Waals surface area (Å²) < 4.78 is 5.32. The SMILES string of the molecule is COc1c(/C=C/C(=O)c2ccc(O)cc2)ccc(C(C)(C)C)c1O. The van der Waals surface area contributed by atoms with E-state index in [0.29, 0.717) is 16.9 Å². The van der Waals surface area contributed by atoms with E-state index in [1.807, 2.05) is 32.9 Å². The molecule has 0 saturated heterocycles. The third-order valence-corrected chi connectivity index (χ3v) is 3.74. The number of methoxy groups -OCH3 is 1. The minimum Gasteiger partial charge on any atom is -0.508 e. The predicted octanol–water partition coefficient (Wildman–Crippen LogP) is 4.30. The van der Waals surface area contributed by atoms with Crippen molar-refractivity contribution >= 4 is 11.9 Å². The van der Waals surface area contributed by atoms with Gasteiger partial charge in [0, 0.05) is 16.7 Å². The van der Waals surface area contributed by atoms with Gasteiger partial charge in [0.05, 0.1) is 7.11 Å². The molecule has 2 aromatic carbocycles. The number of ether oxygens (including phenoxy) is 1. The van der Waals surface area contributed by atoms with Crippen LogP contribution < -0.4 is 4.74 Å². The molecule has 0 aliphatic heterocycles. The average molecular weight is 326 g/mol. The molecule has 24 heavy (non-hydrogen) atoms. The molecule has 0 unspecified atom stereocenters. The first-order valence-corrected chi connectivity index (χ1v) is 7.66. The van der Waals surface area contributed by atoms with E-state index in [1.165, 1.54) is 25.3 Å². The van der Waals surface area contributed by atoms with E-state index in [-0.39, 0.29) is 22.7 Å². The van der Waals surface area contributed by atoms with Crippen LogP contribution in [0.5, 0.6) is 17.2 Å². The fraction of sp³-hybridized carbons (Fsp3) is 0.250. The Labute approximate surface area is 142 Å². The van der Waals surface area contributed by atoms with Crippen LogP contribution >= 0.6 is 0 Å². The van der Waals surface area contributed by atoms with Crippen LogP contribution in [0.3, 0.4) is 0 Å². The van der Waals surface area contributed by atoms with Crippen LogP contribution in [0, 0.1) is 0 Å². The van der Waals surface area contributed by atoms with Gasteiger partial charge in [-0.05, 0) is 41.8 Å². The Balaban J connectivity index is 2.34. The molecule has 0 fully saturated rings. The normalized spacial score (nSPS) is 11.7. The zero-order valence-corrected chi connectivity index (χ0v) is 14.3. The highest BCUT2D eigenvalue weighted by molar-refractivity contribution is 6.07. The predicted molar refractivity (Wildman–Crippen MR) is 94.8 cm³/mol. The second-order valence-corrected chi connectivity index (χ2v) is 6.58. The largest absolute Gasteiger partial charge is 0.508 e. The lowest BCUT2D eigenvalue weighted by atomic mass is 9.85. The number of ketones is 1. The number of rotatable bonds is 4. The number of hydrogen-bond acceptors (Lipinski definition) is 4. The van der Waals surface area contributed by atoms with Gasteiger partial charge >= 0.3 is 0 Å². The van der Waals surface area contributed by atoms with Gasteiger partial charge in [-0.1, -0.05) is 32.9 Å². The fourth-order valence-corrected chi connectivity index (χ4v) is 2.43. The van der Waals surface area contributed by atoms with E-state index >= 15 is 0 Å². The zero-order valence-electron chi connectivity index (χ0n) is 14.3. The minimum absolute atomic E-state index is 0.0873. The maximum absolute atomic E-state index is 12.2. The quantitative estimate of drug-likeness (QED) is 0.649. The molecule has 0 saturated carbocycles. The molecule has 2 N–H and O–H groups in total. The zero-order chi connectivity index (χ0) is 17.9. The first-order chi connectivity index (χ1) is 11.2. The summed E-state index contributed by atoms with van der Waals surface area (Å²) in [7, 11) is 1.49. The van der Waals surface area contributed by atoms with Gasteiger partial charge in [0.15, 0.2) is 17.3 Å². The molecule has 0 heterocycles. The van der Waals surface area contributed by atoms with E-state index in [4.69, 9.17) is 4.74 Å². The van der Waals surface area contributed by atoms with Gasteiger partial charge in [0.1, 0.15) is 5.75 Å². The molecule has 4 nitrogen and oxygen atoms in total. The van der Waals surface area contributed by atoms with Gasteiger partial charge in [-0.25, -0.2) is 0 Å². The van der Waals surface area contributed by atoms with Crippen LogP contribution in [0.25, 0.3) is 6.08 Å². The summed E-state index contributed by atoms with van der Waals surface area (Å²) in [5.41, 5.74) is 1.65. The van der Waals surface area contributed by atoms with E-state index < -0.39 is 0 Å². The Hall–Kier alpha value is -2.75. The third-order valence-electron chi connectivity index (χ3n) is 3.74. The molecule has 2 aromatic rings. The smallest absolute Gasteiger partial charge is 0.185 e. The second kappa shape index (κ2) is 6.79. The highest BCUT2D eigenvalue weighted by atomic mass is 16.5. The van der Waals surface area contributed by atoms with Crippen molar-refractivity contribution in [3.8, 4) is 17.2 Å². The Bertz CT molecular complexity index is 765. The van der Waals surface area contributed by atoms with Gasteiger partial charge in [-0.3, -0.25) is 4.79 Å². The van der Waals surface area contributed by atoms with Gasteiger partial charge in [-0.15, -0.1) is 0 Å². The van der Waals surface area contributed by atoms with Crippen LogP contribution in [0.15, 0.2) is 42.5 Å². The molecule has 0 aliphatic carbocycles. The molecule has 0 atom stereocenters. The Morgan fingerprint density at radius 2 is 1.67 bits per heavy atom. The van der Waals surface area contributed by atoms with E-state index in [1.54, 1.807) is 18.2 Å². The van der Waals surface area contributed by atoms with Crippen molar-refractivity contribution in [2.45, 2.75) is 26.2 Å². The lowest BCUT2D eigenvalue weighted by Crippen LogP contribution is -2.11. The molecule has 0 radical (unpaired) electrons. The van der Waals surface area contributed by atoms with Crippen molar-refractivity contribution in [2.24, 2.45) is 0 Å². The van der Waals surface area contributed by atoms with Crippen LogP contribution in [0.4, 0.5) is 0 Å². The topological polar surface area (TPSA) is 66.8 Å². The summed E-state index contributed by atoms with van der Waals surface area (Å²) >= 11 is 0. The van der Waals surface area contributed by atoms with E-state index in [2.05, 4.69) is 0 Å². The number of allylic oxidation sites excluding steroid dienone is 1. The van der Waals surface area contributed by atoms with Gasteiger partial charge in [0.25, 0.3) is 0 Å². The Kier molecular flexibility index (Phi) is 4.98. The van der Waals surface area contributed by atoms with E-state index in [9.17, 15) is 15.0 Å². The maximum atomic E-state index is 12.2. The monoisotopic (exact) mass is 326 g/mol. The molecule has 2 rings (SSSR count). The summed E-state index contributed by atoms with van der Waals surface area (Å²) in [6.45, 7) is 6.02. The molecule has 0 aliphatic rings. The van der Waals surface area contributed by atoms with Crippen molar-refractivity contribution in [3.63, 3.8) is 0 Å². The highest BCUT2D eigenvalue weighted by Crippen LogP contribution is 2.40. The van der Waals surface area contributed by atoms with Crippen LogP contribution in [0.1, 0.15) is 42.3 Å². The fourth-order valence-electron chi connectivity index (χ4n) is 2.43. The number of carbonyl (C=O) groups is 1. The molecule has 4 heteroatoms. The van der Waals surface area contributed by atoms with E-state index in [0.717, 1.165) is 5.56 Å². The number of phenols is 2. The first kappa shape index (κ1) is 17.6. The molecular weight excluding hydrogens is 304 g/mol. The molecule has 0 bridgehead atoms. The van der Waals surface area contributed by atoms with Crippen molar-refractivity contribution < 1.29 is 19.7 Å². The lowest BCUT2D eigenvalue weighted by Gasteiger charge is -2.22. The average Bonchev–Trinajstić information content (AvgIpc) is 2.52. The number of carbonyl (C=O) groups excluding carboxylic acids is 1. The van der Waals surface area contributed by atoms with Gasteiger partial charge < -0.3 is 14.9 Å². The van der Waals surface area contributed by atoms with Crippen molar-refractivity contribution in [1.82, 2.24) is 0 Å². The van der Waals surface area contributed by atoms with Gasteiger partial charge in [0.2, 0.25) is 0 Å². The number of benzene rings is 2. The molecule has 0 aromatic heterocycles. The first-order valence-electron chi connectivity index (χ1n) is 7.66. The van der Waals surface area contributed by atoms with Crippen LogP contribution in [-0.2, 0) is 5.41 Å². The van der Waals surface area contributed by atoms with Crippen molar-refractivity contribution in [2.75, 3.05) is 7.11 Å². The molecular formula is C20H22O4. The van der Waals surface area contributed by atoms with Crippen molar-refractivity contribution in [3.05, 3.63) is 59.2 Å². The summed E-state index contributed by atoms with van der Waals surface area (Å²) in [4.78, 5) is 12.2. The standard InChI is InChI=1S/C20H22O4/c1-20(2,3)16-11-7-14(19(24-4)18(16)23)8-12-17(22)13-5-9-15(21)10-6-13/h5-12,21,23H,1-4H3/b12-8+. The maximum Gasteiger partial charge on any atom is 0.185 e. The van der Waals surface area contributed by atoms with Crippen LogP contribution in [0.2, 0.25) is 0 Å². The highest BCUT2D eigenvalue weighted by Gasteiger charge is 2.22.